The maximum atomic E-state index is 11.6. The van der Waals surface area contributed by atoms with Gasteiger partial charge in [-0.05, 0) is 49.5 Å². The normalized spacial score (nSPS) is 10.9. The van der Waals surface area contributed by atoms with E-state index in [4.69, 9.17) is 9.47 Å². The number of carbonyl (C=O) groups is 1. The second-order valence-corrected chi connectivity index (χ2v) is 5.41. The zero-order valence-corrected chi connectivity index (χ0v) is 14.1. The fraction of sp³-hybridized carbons (Fsp3) is 0.526. The molecule has 0 unspecified atom stereocenters. The molecule has 0 aliphatic heterocycles. The third-order valence-electron chi connectivity index (χ3n) is 3.61. The average molecular weight is 304 g/mol. The molecule has 1 aromatic rings. The Morgan fingerprint density at radius 2 is 1.86 bits per heavy atom. The van der Waals surface area contributed by atoms with E-state index >= 15 is 0 Å². The smallest absolute Gasteiger partial charge is 0.160 e. The molecule has 0 heterocycles. The van der Waals surface area contributed by atoms with Crippen LogP contribution in [0.5, 0.6) is 11.5 Å². The first-order valence-corrected chi connectivity index (χ1v) is 8.11. The van der Waals surface area contributed by atoms with Gasteiger partial charge >= 0.3 is 0 Å². The second kappa shape index (κ2) is 10.9. The molecular formula is C19H28O3. The highest BCUT2D eigenvalue weighted by Crippen LogP contribution is 2.28. The summed E-state index contributed by atoms with van der Waals surface area (Å²) in [5, 5.41) is 0. The molecule has 122 valence electrons. The zero-order valence-electron chi connectivity index (χ0n) is 14.1. The van der Waals surface area contributed by atoms with Crippen molar-refractivity contribution in [3.05, 3.63) is 35.9 Å². The van der Waals surface area contributed by atoms with Gasteiger partial charge in [0.1, 0.15) is 0 Å². The molecule has 0 aliphatic rings. The summed E-state index contributed by atoms with van der Waals surface area (Å²) in [6.45, 7) is 2.15. The third kappa shape index (κ3) is 6.79. The standard InChI is InChI=1S/C19H28O3/c1-4-5-7-11-17(20)12-9-6-8-10-16-13-14-18(21-2)19(15-16)22-3/h9,12-15H,4-8,10-11H2,1-3H3. The van der Waals surface area contributed by atoms with Crippen LogP contribution in [0, 0.1) is 0 Å². The largest absolute Gasteiger partial charge is 0.493 e. The number of methoxy groups -OCH3 is 2. The summed E-state index contributed by atoms with van der Waals surface area (Å²) in [5.74, 6) is 1.77. The third-order valence-corrected chi connectivity index (χ3v) is 3.61. The van der Waals surface area contributed by atoms with Crippen LogP contribution in [0.4, 0.5) is 0 Å². The molecule has 3 nitrogen and oxygen atoms in total. The van der Waals surface area contributed by atoms with Gasteiger partial charge in [-0.15, -0.1) is 0 Å². The van der Waals surface area contributed by atoms with E-state index in [1.165, 1.54) is 5.56 Å². The van der Waals surface area contributed by atoms with Crippen molar-refractivity contribution in [1.29, 1.82) is 0 Å². The van der Waals surface area contributed by atoms with Gasteiger partial charge in [-0.25, -0.2) is 0 Å². The minimum Gasteiger partial charge on any atom is -0.493 e. The van der Waals surface area contributed by atoms with Gasteiger partial charge in [0.25, 0.3) is 0 Å². The van der Waals surface area contributed by atoms with Crippen LogP contribution in [0.1, 0.15) is 51.0 Å². The fourth-order valence-corrected chi connectivity index (χ4v) is 2.31. The molecule has 0 aliphatic carbocycles. The molecule has 0 fully saturated rings. The summed E-state index contributed by atoms with van der Waals surface area (Å²) in [7, 11) is 3.29. The van der Waals surface area contributed by atoms with Crippen molar-refractivity contribution in [3.8, 4) is 11.5 Å². The highest BCUT2D eigenvalue weighted by molar-refractivity contribution is 5.89. The molecule has 0 amide bonds. The Bertz CT molecular complexity index is 478. The quantitative estimate of drug-likeness (QED) is 0.438. The van der Waals surface area contributed by atoms with Crippen molar-refractivity contribution in [3.63, 3.8) is 0 Å². The zero-order chi connectivity index (χ0) is 16.2. The van der Waals surface area contributed by atoms with Gasteiger partial charge in [0.15, 0.2) is 17.3 Å². The van der Waals surface area contributed by atoms with Crippen LogP contribution in [0.15, 0.2) is 30.4 Å². The van der Waals surface area contributed by atoms with Gasteiger partial charge in [-0.2, -0.15) is 0 Å². The molecule has 0 saturated heterocycles. The molecule has 0 saturated carbocycles. The van der Waals surface area contributed by atoms with E-state index < -0.39 is 0 Å². The highest BCUT2D eigenvalue weighted by Gasteiger charge is 2.04. The molecule has 3 heteroatoms. The van der Waals surface area contributed by atoms with Crippen molar-refractivity contribution < 1.29 is 14.3 Å². The summed E-state index contributed by atoms with van der Waals surface area (Å²) in [6, 6.07) is 6.00. The average Bonchev–Trinajstić information content (AvgIpc) is 2.54. The van der Waals surface area contributed by atoms with Crippen LogP contribution in [-0.2, 0) is 11.2 Å². The lowest BCUT2D eigenvalue weighted by Gasteiger charge is -2.09. The van der Waals surface area contributed by atoms with Crippen molar-refractivity contribution in [2.24, 2.45) is 0 Å². The first kappa shape index (κ1) is 18.3. The molecule has 0 N–H and O–H groups in total. The van der Waals surface area contributed by atoms with E-state index in [1.807, 2.05) is 18.2 Å². The summed E-state index contributed by atoms with van der Waals surface area (Å²) >= 11 is 0. The van der Waals surface area contributed by atoms with Crippen molar-refractivity contribution in [2.45, 2.75) is 51.9 Å². The van der Waals surface area contributed by atoms with Crippen molar-refractivity contribution >= 4 is 5.78 Å². The Morgan fingerprint density at radius 1 is 1.09 bits per heavy atom. The van der Waals surface area contributed by atoms with E-state index in [0.717, 1.165) is 50.0 Å². The minimum absolute atomic E-state index is 0.250. The number of allylic oxidation sites excluding steroid dienone is 2. The minimum atomic E-state index is 0.250. The first-order chi connectivity index (χ1) is 10.7. The summed E-state index contributed by atoms with van der Waals surface area (Å²) in [4.78, 5) is 11.6. The van der Waals surface area contributed by atoms with Gasteiger partial charge in [0.05, 0.1) is 14.2 Å². The van der Waals surface area contributed by atoms with E-state index in [9.17, 15) is 4.79 Å². The molecular weight excluding hydrogens is 276 g/mol. The van der Waals surface area contributed by atoms with Crippen molar-refractivity contribution in [1.82, 2.24) is 0 Å². The number of hydrogen-bond acceptors (Lipinski definition) is 3. The lowest BCUT2D eigenvalue weighted by molar-refractivity contribution is -0.114. The molecule has 0 radical (unpaired) electrons. The number of rotatable bonds is 11. The summed E-state index contributed by atoms with van der Waals surface area (Å²) < 4.78 is 10.5. The van der Waals surface area contributed by atoms with Gasteiger partial charge in [-0.1, -0.05) is 31.9 Å². The van der Waals surface area contributed by atoms with Crippen LogP contribution in [-0.4, -0.2) is 20.0 Å². The number of ketones is 1. The number of aryl methyl sites for hydroxylation is 1. The maximum absolute atomic E-state index is 11.6. The topological polar surface area (TPSA) is 35.5 Å². The summed E-state index contributed by atoms with van der Waals surface area (Å²) in [5.41, 5.74) is 1.22. The Morgan fingerprint density at radius 3 is 2.55 bits per heavy atom. The Balaban J connectivity index is 2.31. The molecule has 1 rings (SSSR count). The van der Waals surface area contributed by atoms with Crippen LogP contribution in [0.25, 0.3) is 0 Å². The Hall–Kier alpha value is -1.77. The molecule has 22 heavy (non-hydrogen) atoms. The monoisotopic (exact) mass is 304 g/mol. The SMILES string of the molecule is CCCCCC(=O)C=CCCCc1ccc(OC)c(OC)c1. The van der Waals surface area contributed by atoms with E-state index in [0.29, 0.717) is 6.42 Å². The lowest BCUT2D eigenvalue weighted by atomic mass is 10.1. The van der Waals surface area contributed by atoms with E-state index in [-0.39, 0.29) is 5.78 Å². The molecule has 0 bridgehead atoms. The predicted octanol–water partition coefficient (Wildman–Crippen LogP) is 4.73. The number of ether oxygens (including phenoxy) is 2. The number of hydrogen-bond donors (Lipinski definition) is 0. The number of benzene rings is 1. The Kier molecular flexibility index (Phi) is 9.04. The number of unbranched alkanes of at least 4 members (excludes halogenated alkanes) is 3. The van der Waals surface area contributed by atoms with Gasteiger partial charge < -0.3 is 9.47 Å². The Labute approximate surface area is 134 Å². The van der Waals surface area contributed by atoms with Crippen LogP contribution < -0.4 is 9.47 Å². The van der Waals surface area contributed by atoms with Gasteiger partial charge in [0.2, 0.25) is 0 Å². The maximum Gasteiger partial charge on any atom is 0.160 e. The lowest BCUT2D eigenvalue weighted by Crippen LogP contribution is -1.93. The highest BCUT2D eigenvalue weighted by atomic mass is 16.5. The molecule has 0 aromatic heterocycles. The van der Waals surface area contributed by atoms with Crippen molar-refractivity contribution in [2.75, 3.05) is 14.2 Å². The van der Waals surface area contributed by atoms with Gasteiger partial charge in [0, 0.05) is 6.42 Å². The molecule has 1 aromatic carbocycles. The first-order valence-electron chi connectivity index (χ1n) is 8.11. The van der Waals surface area contributed by atoms with E-state index in [1.54, 1.807) is 20.3 Å². The number of carbonyl (C=O) groups excluding carboxylic acids is 1. The van der Waals surface area contributed by atoms with Gasteiger partial charge in [-0.3, -0.25) is 4.79 Å². The summed E-state index contributed by atoms with van der Waals surface area (Å²) in [6.07, 6.45) is 10.6. The van der Waals surface area contributed by atoms with Crippen LogP contribution in [0.3, 0.4) is 0 Å². The van der Waals surface area contributed by atoms with E-state index in [2.05, 4.69) is 13.0 Å². The van der Waals surface area contributed by atoms with Crippen LogP contribution >= 0.6 is 0 Å². The molecule has 0 atom stereocenters. The predicted molar refractivity (Wildman–Crippen MR) is 90.8 cm³/mol. The fourth-order valence-electron chi connectivity index (χ4n) is 2.31. The second-order valence-electron chi connectivity index (χ2n) is 5.41. The molecule has 0 spiro atoms. The van der Waals surface area contributed by atoms with Crippen LogP contribution in [0.2, 0.25) is 0 Å².